The van der Waals surface area contributed by atoms with Crippen LogP contribution in [0.2, 0.25) is 0 Å². The molecule has 0 aromatic rings. The highest BCUT2D eigenvalue weighted by Crippen LogP contribution is 2.20. The number of amides is 1. The summed E-state index contributed by atoms with van der Waals surface area (Å²) in [5.74, 6) is -2.24. The SMILES string of the molecule is COC(=O)CCN(CC(F)(F)F)C(=O)C(CN)C(C)C. The van der Waals surface area contributed by atoms with Crippen LogP contribution in [-0.4, -0.2) is 49.7 Å². The first-order valence-corrected chi connectivity index (χ1v) is 6.24. The second kappa shape index (κ2) is 8.08. The molecule has 20 heavy (non-hydrogen) atoms. The van der Waals surface area contributed by atoms with Crippen molar-refractivity contribution in [2.45, 2.75) is 26.4 Å². The third-order valence-electron chi connectivity index (χ3n) is 2.87. The Bertz CT molecular complexity index is 332. The molecule has 0 heterocycles. The number of nitrogens with two attached hydrogens (primary N) is 1. The second-order valence-corrected chi connectivity index (χ2v) is 4.79. The molecule has 0 fully saturated rings. The van der Waals surface area contributed by atoms with Crippen molar-refractivity contribution >= 4 is 11.9 Å². The van der Waals surface area contributed by atoms with E-state index in [1.807, 2.05) is 0 Å². The van der Waals surface area contributed by atoms with Crippen molar-refractivity contribution in [1.82, 2.24) is 4.90 Å². The lowest BCUT2D eigenvalue weighted by Crippen LogP contribution is -2.46. The first-order chi connectivity index (χ1) is 9.12. The van der Waals surface area contributed by atoms with Gasteiger partial charge in [0.25, 0.3) is 0 Å². The number of esters is 1. The summed E-state index contributed by atoms with van der Waals surface area (Å²) in [6, 6.07) is 0. The van der Waals surface area contributed by atoms with E-state index in [-0.39, 0.29) is 25.4 Å². The number of rotatable bonds is 7. The topological polar surface area (TPSA) is 72.6 Å². The molecule has 0 saturated carbocycles. The zero-order chi connectivity index (χ0) is 15.9. The van der Waals surface area contributed by atoms with E-state index < -0.39 is 30.5 Å². The van der Waals surface area contributed by atoms with Crippen molar-refractivity contribution < 1.29 is 27.5 Å². The van der Waals surface area contributed by atoms with Gasteiger partial charge in [-0.15, -0.1) is 0 Å². The monoisotopic (exact) mass is 298 g/mol. The minimum atomic E-state index is -4.53. The van der Waals surface area contributed by atoms with Crippen LogP contribution in [0.25, 0.3) is 0 Å². The molecule has 1 unspecified atom stereocenters. The van der Waals surface area contributed by atoms with Crippen molar-refractivity contribution in [2.75, 3.05) is 26.7 Å². The Morgan fingerprint density at radius 2 is 1.85 bits per heavy atom. The molecular weight excluding hydrogens is 277 g/mol. The first kappa shape index (κ1) is 18.7. The summed E-state index contributed by atoms with van der Waals surface area (Å²) < 4.78 is 41.9. The van der Waals surface area contributed by atoms with Crippen LogP contribution in [0, 0.1) is 11.8 Å². The lowest BCUT2D eigenvalue weighted by molar-refractivity contribution is -0.165. The van der Waals surface area contributed by atoms with Crippen LogP contribution in [0.15, 0.2) is 0 Å². The molecule has 0 radical (unpaired) electrons. The average Bonchev–Trinajstić information content (AvgIpc) is 2.32. The van der Waals surface area contributed by atoms with Crippen molar-refractivity contribution in [2.24, 2.45) is 17.6 Å². The van der Waals surface area contributed by atoms with E-state index in [1.54, 1.807) is 13.8 Å². The van der Waals surface area contributed by atoms with E-state index in [0.29, 0.717) is 4.90 Å². The number of hydrogen-bond acceptors (Lipinski definition) is 4. The van der Waals surface area contributed by atoms with Gasteiger partial charge in [-0.05, 0) is 5.92 Å². The van der Waals surface area contributed by atoms with Crippen LogP contribution in [0.3, 0.4) is 0 Å². The summed E-state index contributed by atoms with van der Waals surface area (Å²) in [7, 11) is 1.13. The fourth-order valence-corrected chi connectivity index (χ4v) is 1.70. The predicted molar refractivity (Wildman–Crippen MR) is 66.7 cm³/mol. The van der Waals surface area contributed by atoms with E-state index >= 15 is 0 Å². The lowest BCUT2D eigenvalue weighted by atomic mass is 9.94. The number of carbonyl (C=O) groups is 2. The van der Waals surface area contributed by atoms with Gasteiger partial charge in [-0.2, -0.15) is 13.2 Å². The van der Waals surface area contributed by atoms with Crippen LogP contribution in [-0.2, 0) is 14.3 Å². The largest absolute Gasteiger partial charge is 0.469 e. The second-order valence-electron chi connectivity index (χ2n) is 4.79. The van der Waals surface area contributed by atoms with E-state index in [1.165, 1.54) is 0 Å². The number of methoxy groups -OCH3 is 1. The Labute approximate surface area is 116 Å². The molecule has 1 amide bonds. The maximum atomic E-state index is 12.5. The Hall–Kier alpha value is -1.31. The number of alkyl halides is 3. The van der Waals surface area contributed by atoms with Crippen LogP contribution < -0.4 is 5.73 Å². The summed E-state index contributed by atoms with van der Waals surface area (Å²) in [5.41, 5.74) is 5.44. The Balaban J connectivity index is 4.90. The average molecular weight is 298 g/mol. The van der Waals surface area contributed by atoms with E-state index in [4.69, 9.17) is 5.73 Å². The quantitative estimate of drug-likeness (QED) is 0.716. The minimum Gasteiger partial charge on any atom is -0.469 e. The molecule has 0 rings (SSSR count). The van der Waals surface area contributed by atoms with Gasteiger partial charge in [-0.1, -0.05) is 13.8 Å². The maximum absolute atomic E-state index is 12.5. The van der Waals surface area contributed by atoms with Gasteiger partial charge in [-0.25, -0.2) is 0 Å². The Kier molecular flexibility index (Phi) is 7.55. The summed E-state index contributed by atoms with van der Waals surface area (Å²) >= 11 is 0. The fraction of sp³-hybridized carbons (Fsp3) is 0.833. The molecule has 118 valence electrons. The van der Waals surface area contributed by atoms with Crippen molar-refractivity contribution in [1.29, 1.82) is 0 Å². The standard InChI is InChI=1S/C12H21F3N2O3/c1-8(2)9(6-16)11(19)17(7-12(13,14)15)5-4-10(18)20-3/h8-9H,4-7,16H2,1-3H3. The zero-order valence-electron chi connectivity index (χ0n) is 11.9. The zero-order valence-corrected chi connectivity index (χ0v) is 11.9. The van der Waals surface area contributed by atoms with Gasteiger partial charge in [0.2, 0.25) is 5.91 Å². The lowest BCUT2D eigenvalue weighted by Gasteiger charge is -2.29. The van der Waals surface area contributed by atoms with E-state index in [2.05, 4.69) is 4.74 Å². The molecule has 5 nitrogen and oxygen atoms in total. The number of ether oxygens (including phenoxy) is 1. The molecule has 0 aliphatic heterocycles. The highest BCUT2D eigenvalue weighted by Gasteiger charge is 2.35. The van der Waals surface area contributed by atoms with Gasteiger partial charge < -0.3 is 15.4 Å². The van der Waals surface area contributed by atoms with E-state index in [0.717, 1.165) is 7.11 Å². The fourth-order valence-electron chi connectivity index (χ4n) is 1.70. The molecule has 0 aliphatic rings. The van der Waals surface area contributed by atoms with Gasteiger partial charge in [-0.3, -0.25) is 9.59 Å². The van der Waals surface area contributed by atoms with Crippen molar-refractivity contribution in [3.63, 3.8) is 0 Å². The Morgan fingerprint density at radius 1 is 1.30 bits per heavy atom. The third kappa shape index (κ3) is 6.74. The molecule has 0 aromatic heterocycles. The molecule has 0 aromatic carbocycles. The molecule has 2 N–H and O–H groups in total. The maximum Gasteiger partial charge on any atom is 0.406 e. The molecule has 8 heteroatoms. The third-order valence-corrected chi connectivity index (χ3v) is 2.87. The van der Waals surface area contributed by atoms with E-state index in [9.17, 15) is 22.8 Å². The highest BCUT2D eigenvalue weighted by atomic mass is 19.4. The summed E-state index contributed by atoms with van der Waals surface area (Å²) in [6.07, 6.45) is -4.81. The van der Waals surface area contributed by atoms with Gasteiger partial charge in [0.15, 0.2) is 0 Å². The molecular formula is C12H21F3N2O3. The van der Waals surface area contributed by atoms with Gasteiger partial charge in [0.1, 0.15) is 6.54 Å². The minimum absolute atomic E-state index is 0.0386. The first-order valence-electron chi connectivity index (χ1n) is 6.24. The van der Waals surface area contributed by atoms with Gasteiger partial charge in [0.05, 0.1) is 19.4 Å². The molecule has 0 saturated heterocycles. The van der Waals surface area contributed by atoms with Crippen LogP contribution in [0.1, 0.15) is 20.3 Å². The van der Waals surface area contributed by atoms with Gasteiger partial charge in [0, 0.05) is 13.1 Å². The summed E-state index contributed by atoms with van der Waals surface area (Å²) in [4.78, 5) is 23.7. The van der Waals surface area contributed by atoms with Crippen molar-refractivity contribution in [3.05, 3.63) is 0 Å². The summed E-state index contributed by atoms with van der Waals surface area (Å²) in [5, 5.41) is 0. The number of nitrogens with zero attached hydrogens (tertiary/aromatic N) is 1. The predicted octanol–water partition coefficient (Wildman–Crippen LogP) is 1.17. The molecule has 1 atom stereocenters. The van der Waals surface area contributed by atoms with Crippen molar-refractivity contribution in [3.8, 4) is 0 Å². The number of hydrogen-bond donors (Lipinski definition) is 1. The highest BCUT2D eigenvalue weighted by molar-refractivity contribution is 5.80. The van der Waals surface area contributed by atoms with Crippen LogP contribution in [0.5, 0.6) is 0 Å². The van der Waals surface area contributed by atoms with Crippen LogP contribution >= 0.6 is 0 Å². The molecule has 0 bridgehead atoms. The van der Waals surface area contributed by atoms with Crippen LogP contribution in [0.4, 0.5) is 13.2 Å². The normalized spacial score (nSPS) is 13.2. The summed E-state index contributed by atoms with van der Waals surface area (Å²) in [6.45, 7) is 1.65. The smallest absolute Gasteiger partial charge is 0.406 e. The Morgan fingerprint density at radius 3 is 2.20 bits per heavy atom. The van der Waals surface area contributed by atoms with Gasteiger partial charge >= 0.3 is 12.1 Å². The number of halogens is 3. The number of carbonyl (C=O) groups excluding carboxylic acids is 2. The molecule has 0 aliphatic carbocycles. The molecule has 0 spiro atoms.